The van der Waals surface area contributed by atoms with E-state index in [0.717, 1.165) is 25.1 Å². The second kappa shape index (κ2) is 5.32. The number of hydrogen-bond acceptors (Lipinski definition) is 2. The molecule has 1 fully saturated rings. The van der Waals surface area contributed by atoms with Gasteiger partial charge in [0.2, 0.25) is 5.91 Å². The zero-order chi connectivity index (χ0) is 12.3. The first-order chi connectivity index (χ1) is 8.16. The third kappa shape index (κ3) is 3.07. The predicted octanol–water partition coefficient (Wildman–Crippen LogP) is 1.39. The summed E-state index contributed by atoms with van der Waals surface area (Å²) < 4.78 is 0. The van der Waals surface area contributed by atoms with Crippen molar-refractivity contribution in [2.75, 3.05) is 27.2 Å². The van der Waals surface area contributed by atoms with Crippen LogP contribution in [0.1, 0.15) is 12.0 Å². The molecule has 3 heteroatoms. The van der Waals surface area contributed by atoms with Crippen molar-refractivity contribution in [2.45, 2.75) is 18.9 Å². The number of rotatable bonds is 3. The quantitative estimate of drug-likeness (QED) is 0.786. The molecule has 1 atom stereocenters. The molecule has 2 rings (SSSR count). The highest BCUT2D eigenvalue weighted by Crippen LogP contribution is 2.14. The lowest BCUT2D eigenvalue weighted by atomic mass is 10.1. The summed E-state index contributed by atoms with van der Waals surface area (Å²) in [5.41, 5.74) is 1.10. The number of likely N-dealkylation sites (tertiary alicyclic amines) is 1. The van der Waals surface area contributed by atoms with Crippen LogP contribution in [0, 0.1) is 0 Å². The first-order valence-corrected chi connectivity index (χ1v) is 6.15. The number of benzene rings is 1. The maximum atomic E-state index is 12.1. The van der Waals surface area contributed by atoms with Crippen molar-refractivity contribution in [1.29, 1.82) is 0 Å². The molecule has 0 aromatic heterocycles. The van der Waals surface area contributed by atoms with Gasteiger partial charge in [-0.25, -0.2) is 0 Å². The van der Waals surface area contributed by atoms with Gasteiger partial charge in [0.15, 0.2) is 0 Å². The van der Waals surface area contributed by atoms with Crippen molar-refractivity contribution in [3.8, 4) is 0 Å². The van der Waals surface area contributed by atoms with Gasteiger partial charge in [-0.2, -0.15) is 0 Å². The Morgan fingerprint density at radius 3 is 2.65 bits per heavy atom. The molecule has 17 heavy (non-hydrogen) atoms. The van der Waals surface area contributed by atoms with Gasteiger partial charge in [0.1, 0.15) is 0 Å². The van der Waals surface area contributed by atoms with Gasteiger partial charge >= 0.3 is 0 Å². The van der Waals surface area contributed by atoms with Crippen LogP contribution in [-0.4, -0.2) is 48.9 Å². The van der Waals surface area contributed by atoms with E-state index in [1.54, 1.807) is 0 Å². The third-order valence-corrected chi connectivity index (χ3v) is 3.44. The minimum atomic E-state index is 0.251. The SMILES string of the molecule is CN(C)[C@@H]1CCN(C(=O)Cc2ccccc2)C1. The summed E-state index contributed by atoms with van der Waals surface area (Å²) in [6, 6.07) is 10.5. The highest BCUT2D eigenvalue weighted by atomic mass is 16.2. The number of hydrogen-bond donors (Lipinski definition) is 0. The van der Waals surface area contributed by atoms with E-state index in [0.29, 0.717) is 12.5 Å². The Bertz CT molecular complexity index is 375. The number of carbonyl (C=O) groups excluding carboxylic acids is 1. The highest BCUT2D eigenvalue weighted by Gasteiger charge is 2.27. The molecule has 1 aliphatic rings. The van der Waals surface area contributed by atoms with Crippen LogP contribution < -0.4 is 0 Å². The van der Waals surface area contributed by atoms with Crippen molar-refractivity contribution < 1.29 is 4.79 Å². The van der Waals surface area contributed by atoms with Crippen LogP contribution in [0.15, 0.2) is 30.3 Å². The predicted molar refractivity (Wildman–Crippen MR) is 68.8 cm³/mol. The van der Waals surface area contributed by atoms with Crippen LogP contribution in [-0.2, 0) is 11.2 Å². The van der Waals surface area contributed by atoms with Gasteiger partial charge in [0.25, 0.3) is 0 Å². The monoisotopic (exact) mass is 232 g/mol. The average Bonchev–Trinajstić information content (AvgIpc) is 2.79. The molecule has 1 aliphatic heterocycles. The standard InChI is InChI=1S/C14H20N2O/c1-15(2)13-8-9-16(11-13)14(17)10-12-6-4-3-5-7-12/h3-7,13H,8-11H2,1-2H3/t13-/m1/s1. The van der Waals surface area contributed by atoms with Gasteiger partial charge in [-0.05, 0) is 26.1 Å². The second-order valence-electron chi connectivity index (χ2n) is 4.91. The number of likely N-dealkylation sites (N-methyl/N-ethyl adjacent to an activating group) is 1. The van der Waals surface area contributed by atoms with E-state index in [4.69, 9.17) is 0 Å². The van der Waals surface area contributed by atoms with Crippen molar-refractivity contribution in [3.05, 3.63) is 35.9 Å². The average molecular weight is 232 g/mol. The van der Waals surface area contributed by atoms with E-state index in [1.807, 2.05) is 35.2 Å². The van der Waals surface area contributed by atoms with Crippen LogP contribution in [0.3, 0.4) is 0 Å². The van der Waals surface area contributed by atoms with Crippen LogP contribution in [0.25, 0.3) is 0 Å². The summed E-state index contributed by atoms with van der Waals surface area (Å²) in [6.07, 6.45) is 1.62. The molecule has 0 unspecified atom stereocenters. The molecule has 1 aromatic rings. The second-order valence-corrected chi connectivity index (χ2v) is 4.91. The summed E-state index contributed by atoms with van der Waals surface area (Å²) in [5.74, 6) is 0.251. The zero-order valence-corrected chi connectivity index (χ0v) is 10.6. The molecule has 0 radical (unpaired) electrons. The lowest BCUT2D eigenvalue weighted by Gasteiger charge is -2.20. The molecule has 0 spiro atoms. The van der Waals surface area contributed by atoms with Gasteiger partial charge in [-0.15, -0.1) is 0 Å². The normalized spacial score (nSPS) is 19.9. The lowest BCUT2D eigenvalue weighted by molar-refractivity contribution is -0.129. The van der Waals surface area contributed by atoms with Gasteiger partial charge in [-0.3, -0.25) is 4.79 Å². The first kappa shape index (κ1) is 12.1. The Kier molecular flexibility index (Phi) is 3.79. The van der Waals surface area contributed by atoms with Crippen LogP contribution in [0.2, 0.25) is 0 Å². The minimum Gasteiger partial charge on any atom is -0.341 e. The smallest absolute Gasteiger partial charge is 0.227 e. The fourth-order valence-corrected chi connectivity index (χ4v) is 2.27. The summed E-state index contributed by atoms with van der Waals surface area (Å²) in [6.45, 7) is 1.77. The Morgan fingerprint density at radius 1 is 1.35 bits per heavy atom. The molecule has 1 heterocycles. The fourth-order valence-electron chi connectivity index (χ4n) is 2.27. The molecule has 1 aromatic carbocycles. The number of nitrogens with zero attached hydrogens (tertiary/aromatic N) is 2. The summed E-state index contributed by atoms with van der Waals surface area (Å²) in [4.78, 5) is 16.3. The lowest BCUT2D eigenvalue weighted by Crippen LogP contribution is -2.35. The molecular formula is C14H20N2O. The van der Waals surface area contributed by atoms with Crippen molar-refractivity contribution in [3.63, 3.8) is 0 Å². The molecule has 0 saturated carbocycles. The molecule has 1 amide bonds. The highest BCUT2D eigenvalue weighted by molar-refractivity contribution is 5.79. The fraction of sp³-hybridized carbons (Fsp3) is 0.500. The summed E-state index contributed by atoms with van der Waals surface area (Å²) in [7, 11) is 4.16. The number of carbonyl (C=O) groups is 1. The zero-order valence-electron chi connectivity index (χ0n) is 10.6. The Morgan fingerprint density at radius 2 is 2.06 bits per heavy atom. The molecule has 0 bridgehead atoms. The largest absolute Gasteiger partial charge is 0.341 e. The van der Waals surface area contributed by atoms with E-state index in [-0.39, 0.29) is 5.91 Å². The molecular weight excluding hydrogens is 212 g/mol. The molecule has 0 N–H and O–H groups in total. The van der Waals surface area contributed by atoms with Crippen LogP contribution in [0.4, 0.5) is 0 Å². The summed E-state index contributed by atoms with van der Waals surface area (Å²) >= 11 is 0. The van der Waals surface area contributed by atoms with Gasteiger partial charge in [0, 0.05) is 19.1 Å². The van der Waals surface area contributed by atoms with Gasteiger partial charge in [0.05, 0.1) is 6.42 Å². The Hall–Kier alpha value is -1.35. The van der Waals surface area contributed by atoms with E-state index < -0.39 is 0 Å². The van der Waals surface area contributed by atoms with Crippen LogP contribution >= 0.6 is 0 Å². The van der Waals surface area contributed by atoms with E-state index in [1.165, 1.54) is 0 Å². The van der Waals surface area contributed by atoms with Crippen molar-refractivity contribution in [1.82, 2.24) is 9.80 Å². The van der Waals surface area contributed by atoms with Gasteiger partial charge < -0.3 is 9.80 Å². The minimum absolute atomic E-state index is 0.251. The Balaban J connectivity index is 1.90. The molecule has 0 aliphatic carbocycles. The van der Waals surface area contributed by atoms with Crippen molar-refractivity contribution in [2.24, 2.45) is 0 Å². The third-order valence-electron chi connectivity index (χ3n) is 3.44. The summed E-state index contributed by atoms with van der Waals surface area (Å²) in [5, 5.41) is 0. The Labute approximate surface area is 103 Å². The van der Waals surface area contributed by atoms with Crippen LogP contribution in [0.5, 0.6) is 0 Å². The maximum absolute atomic E-state index is 12.1. The van der Waals surface area contributed by atoms with Gasteiger partial charge in [-0.1, -0.05) is 30.3 Å². The van der Waals surface area contributed by atoms with E-state index in [2.05, 4.69) is 19.0 Å². The van der Waals surface area contributed by atoms with Crippen molar-refractivity contribution >= 4 is 5.91 Å². The topological polar surface area (TPSA) is 23.6 Å². The van der Waals surface area contributed by atoms with E-state index >= 15 is 0 Å². The molecule has 1 saturated heterocycles. The molecule has 92 valence electrons. The first-order valence-electron chi connectivity index (χ1n) is 6.15. The van der Waals surface area contributed by atoms with E-state index in [9.17, 15) is 4.79 Å². The molecule has 3 nitrogen and oxygen atoms in total. The number of amides is 1. The maximum Gasteiger partial charge on any atom is 0.227 e.